The molecule has 0 bridgehead atoms. The van der Waals surface area contributed by atoms with Gasteiger partial charge < -0.3 is 25.4 Å². The van der Waals surface area contributed by atoms with Crippen LogP contribution >= 0.6 is 0 Å². The van der Waals surface area contributed by atoms with Gasteiger partial charge in [0.1, 0.15) is 24.5 Å². The Bertz CT molecular complexity index is 971. The van der Waals surface area contributed by atoms with Gasteiger partial charge in [-0.05, 0) is 68.6 Å². The van der Waals surface area contributed by atoms with Crippen molar-refractivity contribution in [3.8, 4) is 5.75 Å². The minimum atomic E-state index is -0.917. The van der Waals surface area contributed by atoms with E-state index in [1.54, 1.807) is 0 Å². The highest BCUT2D eigenvalue weighted by Crippen LogP contribution is 2.28. The third-order valence-corrected chi connectivity index (χ3v) is 7.16. The Kier molecular flexibility index (Phi) is 10.1. The molecule has 0 atom stereocenters. The van der Waals surface area contributed by atoms with E-state index in [0.717, 1.165) is 42.8 Å². The van der Waals surface area contributed by atoms with Crippen LogP contribution in [-0.4, -0.2) is 61.8 Å². The highest BCUT2D eigenvalue weighted by atomic mass is 16.5. The summed E-state index contributed by atoms with van der Waals surface area (Å²) in [4.78, 5) is 28.1. The molecule has 2 aromatic carbocycles. The number of alkyl carbamates (subject to hydrolysis) is 1. The molecule has 8 heteroatoms. The van der Waals surface area contributed by atoms with Crippen LogP contribution in [0, 0.1) is 0 Å². The van der Waals surface area contributed by atoms with Gasteiger partial charge in [0.05, 0.1) is 0 Å². The molecule has 1 saturated heterocycles. The molecule has 0 aromatic heterocycles. The first-order chi connectivity index (χ1) is 18.1. The third-order valence-electron chi connectivity index (χ3n) is 7.16. The number of ether oxygens (including phenoxy) is 2. The fourth-order valence-corrected chi connectivity index (χ4v) is 5.04. The first kappa shape index (κ1) is 26.8. The van der Waals surface area contributed by atoms with Gasteiger partial charge in [-0.1, -0.05) is 49.6 Å². The Labute approximate surface area is 220 Å². The number of anilines is 1. The molecule has 2 amide bonds. The lowest BCUT2D eigenvalue weighted by Crippen LogP contribution is -2.60. The van der Waals surface area contributed by atoms with Gasteiger partial charge in [-0.15, -0.1) is 0 Å². The maximum Gasteiger partial charge on any atom is 0.408 e. The number of hydrogen-bond acceptors (Lipinski definition) is 6. The number of carbonyl (C=O) groups excluding carboxylic acids is 2. The molecule has 2 aromatic rings. The molecule has 1 heterocycles. The number of nitrogens with zero attached hydrogens (tertiary/aromatic N) is 1. The van der Waals surface area contributed by atoms with Crippen LogP contribution in [-0.2, 0) is 16.1 Å². The quantitative estimate of drug-likeness (QED) is 0.370. The minimum Gasteiger partial charge on any atom is -0.492 e. The molecule has 37 heavy (non-hydrogen) atoms. The molecule has 2 aliphatic rings. The number of carbonyl (C=O) groups is 2. The summed E-state index contributed by atoms with van der Waals surface area (Å²) in [5.41, 5.74) is 0.962. The summed E-state index contributed by atoms with van der Waals surface area (Å²) in [6.45, 7) is 5.24. The molecule has 4 rings (SSSR count). The average Bonchev–Trinajstić information content (AvgIpc) is 3.45. The van der Waals surface area contributed by atoms with E-state index >= 15 is 0 Å². The van der Waals surface area contributed by atoms with E-state index in [-0.39, 0.29) is 12.5 Å². The normalized spacial score (nSPS) is 17.1. The van der Waals surface area contributed by atoms with E-state index in [1.165, 1.54) is 25.9 Å². The summed E-state index contributed by atoms with van der Waals surface area (Å²) < 4.78 is 11.3. The molecule has 200 valence electrons. The Balaban J connectivity index is 1.17. The number of amides is 2. The first-order valence-corrected chi connectivity index (χ1v) is 13.6. The molecular weight excluding hydrogens is 468 g/mol. The average molecular weight is 509 g/mol. The second kappa shape index (κ2) is 13.9. The Hall–Kier alpha value is -3.26. The van der Waals surface area contributed by atoms with Crippen LogP contribution in [0.4, 0.5) is 10.5 Å². The van der Waals surface area contributed by atoms with E-state index in [4.69, 9.17) is 9.47 Å². The fraction of sp³-hybridized carbons (Fsp3) is 0.517. The van der Waals surface area contributed by atoms with Gasteiger partial charge in [0.2, 0.25) is 5.91 Å². The van der Waals surface area contributed by atoms with Crippen LogP contribution < -0.4 is 20.7 Å². The molecule has 2 fully saturated rings. The van der Waals surface area contributed by atoms with E-state index in [9.17, 15) is 9.59 Å². The zero-order valence-corrected chi connectivity index (χ0v) is 21.7. The lowest BCUT2D eigenvalue weighted by molar-refractivity contribution is -0.128. The van der Waals surface area contributed by atoms with E-state index < -0.39 is 11.6 Å². The van der Waals surface area contributed by atoms with Crippen molar-refractivity contribution in [2.45, 2.75) is 57.1 Å². The molecule has 8 nitrogen and oxygen atoms in total. The monoisotopic (exact) mass is 508 g/mol. The van der Waals surface area contributed by atoms with Gasteiger partial charge in [-0.25, -0.2) is 4.79 Å². The lowest BCUT2D eigenvalue weighted by Gasteiger charge is -2.36. The fourth-order valence-electron chi connectivity index (χ4n) is 5.04. The number of rotatable bonds is 12. The second-order valence-corrected chi connectivity index (χ2v) is 9.93. The van der Waals surface area contributed by atoms with E-state index in [1.807, 2.05) is 54.6 Å². The SMILES string of the molecule is O=C(NC1(C(=O)NCCNc2ccc(OCCN3CCCC3)cc2)CCCCC1)OCc1ccccc1. The smallest absolute Gasteiger partial charge is 0.408 e. The molecule has 0 unspecified atom stereocenters. The molecule has 3 N–H and O–H groups in total. The standard InChI is InChI=1S/C29H40N4O4/c34-27(29(15-5-2-6-16-29)32-28(35)37-23-24-9-3-1-4-10-24)31-18-17-30-25-11-13-26(14-12-25)36-22-21-33-19-7-8-20-33/h1,3-4,9-14,30H,2,5-8,15-23H2,(H,31,34)(H,32,35). The number of hydrogen-bond donors (Lipinski definition) is 3. The van der Waals surface area contributed by atoms with Crippen molar-refractivity contribution in [3.63, 3.8) is 0 Å². The van der Waals surface area contributed by atoms with Gasteiger partial charge in [0, 0.05) is 25.3 Å². The number of nitrogens with one attached hydrogen (secondary N) is 3. The van der Waals surface area contributed by atoms with Crippen LogP contribution in [0.15, 0.2) is 54.6 Å². The van der Waals surface area contributed by atoms with E-state index in [0.29, 0.717) is 32.5 Å². The van der Waals surface area contributed by atoms with Crippen molar-refractivity contribution in [1.82, 2.24) is 15.5 Å². The molecule has 1 aliphatic carbocycles. The zero-order chi connectivity index (χ0) is 25.8. The third kappa shape index (κ3) is 8.39. The van der Waals surface area contributed by atoms with Gasteiger partial charge in [0.15, 0.2) is 0 Å². The summed E-state index contributed by atoms with van der Waals surface area (Å²) in [6.07, 6.45) is 6.13. The van der Waals surface area contributed by atoms with Crippen molar-refractivity contribution >= 4 is 17.7 Å². The predicted molar refractivity (Wildman–Crippen MR) is 145 cm³/mol. The van der Waals surface area contributed by atoms with Crippen molar-refractivity contribution in [2.75, 3.05) is 44.6 Å². The Morgan fingerprint density at radius 2 is 1.59 bits per heavy atom. The highest BCUT2D eigenvalue weighted by molar-refractivity contribution is 5.90. The molecule has 0 radical (unpaired) electrons. The van der Waals surface area contributed by atoms with Gasteiger partial charge in [-0.3, -0.25) is 9.69 Å². The molecule has 1 saturated carbocycles. The van der Waals surface area contributed by atoms with Crippen molar-refractivity contribution in [1.29, 1.82) is 0 Å². The Morgan fingerprint density at radius 3 is 2.32 bits per heavy atom. The molecule has 1 aliphatic heterocycles. The van der Waals surface area contributed by atoms with E-state index in [2.05, 4.69) is 20.9 Å². The Morgan fingerprint density at radius 1 is 0.865 bits per heavy atom. The van der Waals surface area contributed by atoms with Crippen molar-refractivity contribution < 1.29 is 19.1 Å². The maximum atomic E-state index is 13.2. The summed E-state index contributed by atoms with van der Waals surface area (Å²) in [7, 11) is 0. The summed E-state index contributed by atoms with van der Waals surface area (Å²) in [6, 6.07) is 17.4. The van der Waals surface area contributed by atoms with Gasteiger partial charge >= 0.3 is 6.09 Å². The molecular formula is C29H40N4O4. The predicted octanol–water partition coefficient (Wildman–Crippen LogP) is 4.32. The largest absolute Gasteiger partial charge is 0.492 e. The number of benzene rings is 2. The van der Waals surface area contributed by atoms with Crippen molar-refractivity contribution in [3.05, 3.63) is 60.2 Å². The second-order valence-electron chi connectivity index (χ2n) is 9.93. The minimum absolute atomic E-state index is 0.146. The first-order valence-electron chi connectivity index (χ1n) is 13.6. The summed E-state index contributed by atoms with van der Waals surface area (Å²) in [5.74, 6) is 0.718. The molecule has 0 spiro atoms. The van der Waals surface area contributed by atoms with Crippen LogP contribution in [0.3, 0.4) is 0 Å². The van der Waals surface area contributed by atoms with Gasteiger partial charge in [0.25, 0.3) is 0 Å². The summed E-state index contributed by atoms with van der Waals surface area (Å²) >= 11 is 0. The van der Waals surface area contributed by atoms with Crippen LogP contribution in [0.1, 0.15) is 50.5 Å². The van der Waals surface area contributed by atoms with Crippen molar-refractivity contribution in [2.24, 2.45) is 0 Å². The highest BCUT2D eigenvalue weighted by Gasteiger charge is 2.41. The van der Waals surface area contributed by atoms with Crippen LogP contribution in [0.2, 0.25) is 0 Å². The zero-order valence-electron chi connectivity index (χ0n) is 21.7. The van der Waals surface area contributed by atoms with Crippen LogP contribution in [0.5, 0.6) is 5.75 Å². The topological polar surface area (TPSA) is 91.9 Å². The number of likely N-dealkylation sites (tertiary alicyclic amines) is 1. The lowest BCUT2D eigenvalue weighted by atomic mass is 9.81. The van der Waals surface area contributed by atoms with Crippen LogP contribution in [0.25, 0.3) is 0 Å². The maximum absolute atomic E-state index is 13.2. The summed E-state index contributed by atoms with van der Waals surface area (Å²) in [5, 5.41) is 9.23. The van der Waals surface area contributed by atoms with Gasteiger partial charge in [-0.2, -0.15) is 0 Å².